The van der Waals surface area contributed by atoms with E-state index in [1.54, 1.807) is 0 Å². The van der Waals surface area contributed by atoms with Crippen molar-refractivity contribution in [1.82, 2.24) is 0 Å². The van der Waals surface area contributed by atoms with Crippen LogP contribution in [-0.2, 0) is 0 Å². The largest absolute Gasteiger partial charge is 1.00 e. The van der Waals surface area contributed by atoms with Crippen molar-refractivity contribution in [2.75, 3.05) is 12.0 Å². The van der Waals surface area contributed by atoms with Gasteiger partial charge in [0.05, 0.1) is 6.16 Å². The van der Waals surface area contributed by atoms with Gasteiger partial charge < -0.3 is 24.0 Å². The number of hydrogen-bond acceptors (Lipinski definition) is 0. The van der Waals surface area contributed by atoms with Gasteiger partial charge in [0.1, 0.15) is 23.2 Å². The SMILES string of the molecule is ClCCCC=CC[P+](c1ccccc1)(c1ccccc1)c1ccccc1.[I-]. The van der Waals surface area contributed by atoms with Crippen LogP contribution < -0.4 is 39.9 Å². The highest BCUT2D eigenvalue weighted by atomic mass is 127. The lowest BCUT2D eigenvalue weighted by Gasteiger charge is -2.26. The van der Waals surface area contributed by atoms with Crippen LogP contribution in [0.1, 0.15) is 12.8 Å². The monoisotopic (exact) mass is 506 g/mol. The molecule has 3 aromatic rings. The molecule has 0 spiro atoms. The van der Waals surface area contributed by atoms with Crippen molar-refractivity contribution in [3.63, 3.8) is 0 Å². The van der Waals surface area contributed by atoms with E-state index in [2.05, 4.69) is 103 Å². The molecule has 27 heavy (non-hydrogen) atoms. The van der Waals surface area contributed by atoms with Crippen LogP contribution in [0.4, 0.5) is 0 Å². The first-order valence-electron chi connectivity index (χ1n) is 9.14. The molecular weight excluding hydrogens is 482 g/mol. The normalized spacial score (nSPS) is 11.3. The molecule has 0 aliphatic heterocycles. The predicted molar refractivity (Wildman–Crippen MR) is 119 cm³/mol. The van der Waals surface area contributed by atoms with E-state index >= 15 is 0 Å². The smallest absolute Gasteiger partial charge is 0.115 e. The molecule has 0 saturated carbocycles. The Labute approximate surface area is 186 Å². The lowest BCUT2D eigenvalue weighted by atomic mass is 10.3. The van der Waals surface area contributed by atoms with Crippen LogP contribution in [0.5, 0.6) is 0 Å². The minimum atomic E-state index is -1.72. The highest BCUT2D eigenvalue weighted by molar-refractivity contribution is 7.95. The lowest BCUT2D eigenvalue weighted by molar-refractivity contribution is -0.00000500. The summed E-state index contributed by atoms with van der Waals surface area (Å²) in [5, 5.41) is 4.29. The molecule has 0 amide bonds. The zero-order chi connectivity index (χ0) is 18.1. The molecule has 0 bridgehead atoms. The third kappa shape index (κ3) is 5.44. The Hall–Kier alpha value is -1.15. The van der Waals surface area contributed by atoms with Crippen LogP contribution in [0.2, 0.25) is 0 Å². The van der Waals surface area contributed by atoms with Crippen molar-refractivity contribution in [3.05, 3.63) is 103 Å². The van der Waals surface area contributed by atoms with Gasteiger partial charge in [-0.3, -0.25) is 0 Å². The van der Waals surface area contributed by atoms with Gasteiger partial charge in [-0.15, -0.1) is 11.6 Å². The number of rotatable bonds is 8. The minimum Gasteiger partial charge on any atom is -1.00 e. The van der Waals surface area contributed by atoms with Crippen LogP contribution in [0.15, 0.2) is 103 Å². The van der Waals surface area contributed by atoms with Gasteiger partial charge in [0.2, 0.25) is 0 Å². The van der Waals surface area contributed by atoms with E-state index in [-0.39, 0.29) is 24.0 Å². The molecule has 0 aliphatic rings. The first kappa shape index (κ1) is 22.1. The van der Waals surface area contributed by atoms with Gasteiger partial charge in [0.25, 0.3) is 0 Å². The van der Waals surface area contributed by atoms with Crippen molar-refractivity contribution in [2.45, 2.75) is 12.8 Å². The molecular formula is C24H25ClIP. The van der Waals surface area contributed by atoms with E-state index in [1.165, 1.54) is 15.9 Å². The minimum absolute atomic E-state index is 0. The molecule has 3 heteroatoms. The molecule has 0 unspecified atom stereocenters. The fourth-order valence-corrected chi connectivity index (χ4v) is 7.55. The van der Waals surface area contributed by atoms with E-state index in [0.717, 1.165) is 24.9 Å². The molecule has 0 aliphatic carbocycles. The molecule has 0 radical (unpaired) electrons. The molecule has 0 atom stereocenters. The summed E-state index contributed by atoms with van der Waals surface area (Å²) in [4.78, 5) is 0. The Morgan fingerprint density at radius 2 is 1.04 bits per heavy atom. The maximum atomic E-state index is 5.83. The van der Waals surface area contributed by atoms with Crippen molar-refractivity contribution in [3.8, 4) is 0 Å². The standard InChI is InChI=1S/C24H25ClP.HI/c25-20-12-1-2-13-21-26(22-14-6-3-7-15-22,23-16-8-4-9-17-23)24-18-10-5-11-19-24;/h2-11,13-19H,1,12,20-21H2;1H/q+1;/p-1. The predicted octanol–water partition coefficient (Wildman–Crippen LogP) is 2.56. The lowest BCUT2D eigenvalue weighted by Crippen LogP contribution is -3.00. The topological polar surface area (TPSA) is 0 Å². The summed E-state index contributed by atoms with van der Waals surface area (Å²) in [7, 11) is -1.72. The second kappa shape index (κ2) is 11.6. The summed E-state index contributed by atoms with van der Waals surface area (Å²) in [6.45, 7) is 0. The second-order valence-electron chi connectivity index (χ2n) is 6.30. The number of unbranched alkanes of at least 4 members (excludes halogenated alkanes) is 1. The molecule has 0 nitrogen and oxygen atoms in total. The molecule has 140 valence electrons. The van der Waals surface area contributed by atoms with Gasteiger partial charge >= 0.3 is 0 Å². The first-order valence-corrected chi connectivity index (χ1v) is 11.6. The van der Waals surface area contributed by atoms with Gasteiger partial charge in [-0.25, -0.2) is 0 Å². The van der Waals surface area contributed by atoms with E-state index in [0.29, 0.717) is 0 Å². The fourth-order valence-electron chi connectivity index (χ4n) is 3.36. The van der Waals surface area contributed by atoms with Gasteiger partial charge in [-0.2, -0.15) is 0 Å². The molecule has 0 N–H and O–H groups in total. The third-order valence-corrected chi connectivity index (χ3v) is 9.21. The number of allylic oxidation sites excluding steroid dienone is 2. The highest BCUT2D eigenvalue weighted by Crippen LogP contribution is 2.55. The summed E-state index contributed by atoms with van der Waals surface area (Å²) in [5.41, 5.74) is 0. The Kier molecular flexibility index (Phi) is 9.54. The zero-order valence-electron chi connectivity index (χ0n) is 15.3. The van der Waals surface area contributed by atoms with E-state index < -0.39 is 7.26 Å². The van der Waals surface area contributed by atoms with Gasteiger partial charge in [0.15, 0.2) is 0 Å². The van der Waals surface area contributed by atoms with E-state index in [1.807, 2.05) is 0 Å². The Morgan fingerprint density at radius 1 is 0.630 bits per heavy atom. The Bertz CT molecular complexity index is 707. The van der Waals surface area contributed by atoms with Gasteiger partial charge in [-0.05, 0) is 49.2 Å². The summed E-state index contributed by atoms with van der Waals surface area (Å²) >= 11 is 5.83. The summed E-state index contributed by atoms with van der Waals surface area (Å²) in [5.74, 6) is 0.723. The van der Waals surface area contributed by atoms with Crippen LogP contribution in [0, 0.1) is 0 Å². The van der Waals surface area contributed by atoms with Crippen molar-refractivity contribution >= 4 is 34.8 Å². The fraction of sp³-hybridized carbons (Fsp3) is 0.167. The van der Waals surface area contributed by atoms with Crippen molar-refractivity contribution in [2.24, 2.45) is 0 Å². The van der Waals surface area contributed by atoms with Crippen LogP contribution >= 0.6 is 18.9 Å². The maximum absolute atomic E-state index is 5.83. The Balaban J connectivity index is 0.00000261. The van der Waals surface area contributed by atoms with Crippen molar-refractivity contribution < 1.29 is 24.0 Å². The van der Waals surface area contributed by atoms with Gasteiger partial charge in [-0.1, -0.05) is 66.7 Å². The van der Waals surface area contributed by atoms with E-state index in [4.69, 9.17) is 11.6 Å². The summed E-state index contributed by atoms with van der Waals surface area (Å²) in [6.07, 6.45) is 7.78. The van der Waals surface area contributed by atoms with Crippen molar-refractivity contribution in [1.29, 1.82) is 0 Å². The molecule has 0 heterocycles. The first-order chi connectivity index (χ1) is 12.9. The maximum Gasteiger partial charge on any atom is 0.115 e. The van der Waals surface area contributed by atoms with Crippen LogP contribution in [-0.4, -0.2) is 12.0 Å². The molecule has 3 rings (SSSR count). The summed E-state index contributed by atoms with van der Waals surface area (Å²) < 4.78 is 0. The molecule has 0 fully saturated rings. The zero-order valence-corrected chi connectivity index (χ0v) is 19.2. The van der Waals surface area contributed by atoms with Crippen LogP contribution in [0.25, 0.3) is 0 Å². The second-order valence-corrected chi connectivity index (χ2v) is 10.2. The van der Waals surface area contributed by atoms with Crippen LogP contribution in [0.3, 0.4) is 0 Å². The number of halogens is 2. The summed E-state index contributed by atoms with van der Waals surface area (Å²) in [6, 6.07) is 33.0. The highest BCUT2D eigenvalue weighted by Gasteiger charge is 2.43. The van der Waals surface area contributed by atoms with Gasteiger partial charge in [0, 0.05) is 5.88 Å². The quantitative estimate of drug-likeness (QED) is 0.145. The number of benzene rings is 3. The third-order valence-electron chi connectivity index (χ3n) is 4.64. The number of alkyl halides is 1. The number of hydrogen-bond donors (Lipinski definition) is 0. The average molecular weight is 507 g/mol. The van der Waals surface area contributed by atoms with E-state index in [9.17, 15) is 0 Å². The Morgan fingerprint density at radius 3 is 1.41 bits per heavy atom. The molecule has 0 aromatic heterocycles. The molecule has 3 aromatic carbocycles. The molecule has 0 saturated heterocycles. The average Bonchev–Trinajstić information content (AvgIpc) is 2.73.